The second kappa shape index (κ2) is 18.3. The number of imide groups is 1. The van der Waals surface area contributed by atoms with Crippen LogP contribution < -0.4 is 45.9 Å². The minimum absolute atomic E-state index is 0.00120. The summed E-state index contributed by atoms with van der Waals surface area (Å²) < 4.78 is 27.8. The molecule has 6 aliphatic heterocycles. The van der Waals surface area contributed by atoms with E-state index in [2.05, 4.69) is 40.9 Å². The fraction of sp³-hybridized carbons (Fsp3) is 0.535. The summed E-state index contributed by atoms with van der Waals surface area (Å²) in [5.41, 5.74) is 7.50. The van der Waals surface area contributed by atoms with Crippen molar-refractivity contribution >= 4 is 58.5 Å². The topological polar surface area (TPSA) is 224 Å². The molecule has 6 aliphatic rings. The summed E-state index contributed by atoms with van der Waals surface area (Å²) in [4.78, 5) is 79.0. The second-order valence-electron chi connectivity index (χ2n) is 17.3. The van der Waals surface area contributed by atoms with Crippen LogP contribution in [0.4, 0.5) is 38.0 Å². The van der Waals surface area contributed by atoms with Crippen LogP contribution in [-0.4, -0.2) is 164 Å². The summed E-state index contributed by atoms with van der Waals surface area (Å²) in [5, 5.41) is 16.4. The molecule has 5 fully saturated rings. The average molecular weight is 884 g/mol. The maximum Gasteiger partial charge on any atom is 0.320 e. The zero-order valence-electron chi connectivity index (χ0n) is 35.9. The molecule has 2 aromatic carbocycles. The maximum atomic E-state index is 15.8. The highest BCUT2D eigenvalue weighted by molar-refractivity contribution is 6.05. The number of hydrogen-bond donors (Lipinski definition) is 4. The van der Waals surface area contributed by atoms with Gasteiger partial charge in [0, 0.05) is 91.1 Å². The lowest BCUT2D eigenvalue weighted by atomic mass is 9.95. The molecule has 0 spiro atoms. The molecule has 5 saturated heterocycles. The molecule has 5 N–H and O–H groups in total. The predicted molar refractivity (Wildman–Crippen MR) is 233 cm³/mol. The number of amides is 6. The third kappa shape index (κ3) is 8.97. The van der Waals surface area contributed by atoms with Gasteiger partial charge >= 0.3 is 6.03 Å². The average Bonchev–Trinajstić information content (AvgIpc) is 3.64. The lowest BCUT2D eigenvalue weighted by molar-refractivity contribution is -0.134. The SMILES string of the molecule is CN1CCN([C@@H]2CCCN(c3nnc(C(N)=O)c(Nc4ccc(N5CCN(CC6CCN(c7ccc(C(=O)NC8CCC(=O)NC8=O)c8c7OCCO8)CC6)CC5)c(F)c4)n3)C2)C1=O. The van der Waals surface area contributed by atoms with Crippen LogP contribution in [0.2, 0.25) is 0 Å². The van der Waals surface area contributed by atoms with Gasteiger partial charge < -0.3 is 50.3 Å². The van der Waals surface area contributed by atoms with E-state index in [1.54, 1.807) is 30.1 Å². The third-order valence-electron chi connectivity index (χ3n) is 13.1. The number of carbonyl (C=O) groups is 5. The first-order valence-corrected chi connectivity index (χ1v) is 22.2. The Hall–Kier alpha value is -6.51. The summed E-state index contributed by atoms with van der Waals surface area (Å²) >= 11 is 0. The molecule has 0 radical (unpaired) electrons. The van der Waals surface area contributed by atoms with Crippen LogP contribution in [0, 0.1) is 11.7 Å². The zero-order valence-corrected chi connectivity index (χ0v) is 35.9. The molecule has 6 amide bonds. The van der Waals surface area contributed by atoms with Crippen LogP contribution in [0.3, 0.4) is 0 Å². The minimum Gasteiger partial charge on any atom is -0.485 e. The van der Waals surface area contributed by atoms with Crippen molar-refractivity contribution in [3.63, 3.8) is 0 Å². The molecule has 0 bridgehead atoms. The fourth-order valence-corrected chi connectivity index (χ4v) is 9.59. The maximum absolute atomic E-state index is 15.8. The van der Waals surface area contributed by atoms with Crippen LogP contribution in [0.25, 0.3) is 0 Å². The number of aromatic nitrogens is 3. The number of nitrogens with two attached hydrogens (primary N) is 1. The van der Waals surface area contributed by atoms with Crippen LogP contribution in [0.1, 0.15) is 59.4 Å². The Morgan fingerprint density at radius 2 is 1.61 bits per heavy atom. The quantitative estimate of drug-likeness (QED) is 0.201. The van der Waals surface area contributed by atoms with Crippen molar-refractivity contribution in [1.29, 1.82) is 0 Å². The van der Waals surface area contributed by atoms with Crippen LogP contribution >= 0.6 is 0 Å². The predicted octanol–water partition coefficient (Wildman–Crippen LogP) is 1.53. The Balaban J connectivity index is 0.772. The highest BCUT2D eigenvalue weighted by Gasteiger charge is 2.36. The van der Waals surface area contributed by atoms with Crippen LogP contribution in [0.5, 0.6) is 11.5 Å². The summed E-state index contributed by atoms with van der Waals surface area (Å²) in [6, 6.07) is 7.64. The number of fused-ring (bicyclic) bond motifs is 1. The third-order valence-corrected chi connectivity index (χ3v) is 13.1. The standard InChI is InChI=1S/C43H54FN13O7/c1-52-15-20-57(43(52)62)28-3-2-12-56(25-28)42-49-39(35(38(45)59)50-51-42)46-27-4-7-32(30(44)23-27)55-18-16-53(17-19-55)24-26-10-13-54(14-11-26)33-8-5-29(36-37(33)64-22-21-63-36)40(60)47-31-6-9-34(58)48-41(31)61/h4-5,7-8,23,26,28,31H,2-3,6,9-22,24-25H2,1H3,(H2,45,59)(H,47,60)(H,46,49,51)(H,48,58,61)/t28-,31?/m1/s1. The smallest absolute Gasteiger partial charge is 0.320 e. The van der Waals surface area contributed by atoms with Crippen molar-refractivity contribution < 1.29 is 37.8 Å². The van der Waals surface area contributed by atoms with Crippen molar-refractivity contribution in [2.45, 2.75) is 50.6 Å². The molecule has 2 atom stereocenters. The number of nitrogens with one attached hydrogen (secondary N) is 3. The molecular formula is C43H54FN13O7. The second-order valence-corrected chi connectivity index (χ2v) is 17.3. The normalized spacial score (nSPS) is 22.2. The molecule has 20 nitrogen and oxygen atoms in total. The Morgan fingerprint density at radius 3 is 2.33 bits per heavy atom. The Morgan fingerprint density at radius 1 is 0.859 bits per heavy atom. The van der Waals surface area contributed by atoms with Crippen molar-refractivity contribution in [2.75, 3.05) is 112 Å². The molecule has 64 heavy (non-hydrogen) atoms. The van der Waals surface area contributed by atoms with Gasteiger partial charge in [0.1, 0.15) is 25.1 Å². The monoisotopic (exact) mass is 883 g/mol. The number of anilines is 5. The molecule has 1 aromatic heterocycles. The molecule has 7 heterocycles. The number of halogens is 1. The Labute approximate surface area is 369 Å². The van der Waals surface area contributed by atoms with Gasteiger partial charge in [-0.3, -0.25) is 29.4 Å². The zero-order chi connectivity index (χ0) is 44.5. The van der Waals surface area contributed by atoms with E-state index in [4.69, 9.17) is 15.2 Å². The van der Waals surface area contributed by atoms with Gasteiger partial charge in [0.05, 0.1) is 23.0 Å². The first kappa shape index (κ1) is 42.8. The van der Waals surface area contributed by atoms with Gasteiger partial charge in [-0.05, 0) is 68.4 Å². The van der Waals surface area contributed by atoms with E-state index in [0.29, 0.717) is 87.2 Å². The van der Waals surface area contributed by atoms with Crippen molar-refractivity contribution in [1.82, 2.24) is 40.5 Å². The summed E-state index contributed by atoms with van der Waals surface area (Å²) in [6.45, 7) is 8.63. The van der Waals surface area contributed by atoms with Gasteiger partial charge in [-0.15, -0.1) is 10.2 Å². The van der Waals surface area contributed by atoms with Gasteiger partial charge in [-0.2, -0.15) is 4.98 Å². The summed E-state index contributed by atoms with van der Waals surface area (Å²) in [6.07, 6.45) is 4.02. The fourth-order valence-electron chi connectivity index (χ4n) is 9.59. The highest BCUT2D eigenvalue weighted by atomic mass is 19.1. The van der Waals surface area contributed by atoms with Crippen LogP contribution in [0.15, 0.2) is 30.3 Å². The molecule has 21 heteroatoms. The van der Waals surface area contributed by atoms with E-state index in [0.717, 1.165) is 64.1 Å². The Kier molecular flexibility index (Phi) is 12.2. The number of piperidine rings is 3. The van der Waals surface area contributed by atoms with E-state index in [1.807, 2.05) is 20.8 Å². The summed E-state index contributed by atoms with van der Waals surface area (Å²) in [7, 11) is 1.80. The molecular weight excluding hydrogens is 830 g/mol. The number of primary amides is 1. The minimum atomic E-state index is -0.816. The van der Waals surface area contributed by atoms with E-state index < -0.39 is 29.6 Å². The molecule has 0 saturated carbocycles. The molecule has 340 valence electrons. The molecule has 1 unspecified atom stereocenters. The highest BCUT2D eigenvalue weighted by Crippen LogP contribution is 2.43. The molecule has 9 rings (SSSR count). The van der Waals surface area contributed by atoms with Crippen molar-refractivity contribution in [3.8, 4) is 11.5 Å². The first-order chi connectivity index (χ1) is 31.0. The number of carbonyl (C=O) groups excluding carboxylic acids is 5. The van der Waals surface area contributed by atoms with Gasteiger partial charge in [-0.1, -0.05) is 0 Å². The van der Waals surface area contributed by atoms with E-state index in [1.165, 1.54) is 6.07 Å². The number of urea groups is 1. The van der Waals surface area contributed by atoms with E-state index >= 15 is 4.39 Å². The van der Waals surface area contributed by atoms with E-state index in [-0.39, 0.29) is 47.9 Å². The first-order valence-electron chi connectivity index (χ1n) is 22.2. The van der Waals surface area contributed by atoms with Gasteiger partial charge in [0.2, 0.25) is 17.8 Å². The Bertz CT molecular complexity index is 2300. The number of nitrogens with zero attached hydrogens (tertiary/aromatic N) is 9. The van der Waals surface area contributed by atoms with Gasteiger partial charge in [0.25, 0.3) is 11.8 Å². The number of benzene rings is 2. The number of hydrogen-bond acceptors (Lipinski definition) is 15. The molecule has 0 aliphatic carbocycles. The largest absolute Gasteiger partial charge is 0.485 e. The molecule has 3 aromatic rings. The lowest BCUT2D eigenvalue weighted by Crippen LogP contribution is -2.52. The summed E-state index contributed by atoms with van der Waals surface area (Å²) in [5.74, 6) is -0.816. The van der Waals surface area contributed by atoms with E-state index in [9.17, 15) is 24.0 Å². The number of piperazine rings is 1. The van der Waals surface area contributed by atoms with Crippen molar-refractivity contribution in [3.05, 3.63) is 47.4 Å². The number of ether oxygens (including phenoxy) is 2. The van der Waals surface area contributed by atoms with Crippen LogP contribution in [-0.2, 0) is 9.59 Å². The van der Waals surface area contributed by atoms with Crippen molar-refractivity contribution in [2.24, 2.45) is 11.7 Å². The lowest BCUT2D eigenvalue weighted by Gasteiger charge is -2.40. The number of likely N-dealkylation sites (N-methyl/N-ethyl adjacent to an activating group) is 1. The van der Waals surface area contributed by atoms with Gasteiger partial charge in [0.15, 0.2) is 23.0 Å². The van der Waals surface area contributed by atoms with Gasteiger partial charge in [-0.25, -0.2) is 9.18 Å². The number of rotatable bonds is 11.